The molecule has 0 saturated heterocycles. The summed E-state index contributed by atoms with van der Waals surface area (Å²) in [6.07, 6.45) is 16.0. The zero-order valence-electron chi connectivity index (χ0n) is 13.9. The van der Waals surface area contributed by atoms with Gasteiger partial charge in [-0.3, -0.25) is 0 Å². The Morgan fingerprint density at radius 3 is 2.76 bits per heavy atom. The van der Waals surface area contributed by atoms with Gasteiger partial charge in [-0.2, -0.15) is 0 Å². The normalized spacial score (nSPS) is 16.0. The van der Waals surface area contributed by atoms with Gasteiger partial charge in [0.2, 0.25) is 0 Å². The quantitative estimate of drug-likeness (QED) is 0.422. The Morgan fingerprint density at radius 2 is 2.05 bits per heavy atom. The third-order valence-electron chi connectivity index (χ3n) is 3.84. The molecule has 2 heteroatoms. The van der Waals surface area contributed by atoms with Gasteiger partial charge in [0.25, 0.3) is 0 Å². The standard InChI is InChI=1S/C19H30O2/c1-4-6-7-12-17(10-5-2)15-21-19(20)18-13-9-8-11-16(3)14-18/h8,11,13-14,17H,4-7,9-10,12,15H2,1-3H3. The van der Waals surface area contributed by atoms with Crippen molar-refractivity contribution in [2.75, 3.05) is 6.61 Å². The van der Waals surface area contributed by atoms with Crippen LogP contribution < -0.4 is 0 Å². The maximum Gasteiger partial charge on any atom is 0.337 e. The molecule has 0 N–H and O–H groups in total. The molecule has 2 nitrogen and oxygen atoms in total. The van der Waals surface area contributed by atoms with E-state index < -0.39 is 0 Å². The molecule has 0 radical (unpaired) electrons. The summed E-state index contributed by atoms with van der Waals surface area (Å²) in [5.74, 6) is 0.342. The smallest absolute Gasteiger partial charge is 0.337 e. The maximum absolute atomic E-state index is 12.2. The molecule has 118 valence electrons. The number of ether oxygens (including phenoxy) is 1. The van der Waals surface area contributed by atoms with Crippen molar-refractivity contribution in [2.45, 2.75) is 65.7 Å². The number of esters is 1. The molecule has 0 aromatic heterocycles. The summed E-state index contributed by atoms with van der Waals surface area (Å²) in [6, 6.07) is 0. The van der Waals surface area contributed by atoms with Crippen LogP contribution >= 0.6 is 0 Å². The molecule has 0 amide bonds. The Balaban J connectivity index is 2.45. The Hall–Kier alpha value is -1.31. The topological polar surface area (TPSA) is 26.3 Å². The van der Waals surface area contributed by atoms with E-state index in [1.165, 1.54) is 25.7 Å². The second-order valence-electron chi connectivity index (χ2n) is 5.93. The molecule has 0 bridgehead atoms. The summed E-state index contributed by atoms with van der Waals surface area (Å²) in [5.41, 5.74) is 1.80. The van der Waals surface area contributed by atoms with Gasteiger partial charge in [-0.1, -0.05) is 63.3 Å². The number of hydrogen-bond donors (Lipinski definition) is 0. The van der Waals surface area contributed by atoms with Crippen LogP contribution in [0, 0.1) is 5.92 Å². The fourth-order valence-electron chi connectivity index (χ4n) is 2.62. The van der Waals surface area contributed by atoms with E-state index in [1.54, 1.807) is 0 Å². The molecule has 0 aliphatic heterocycles. The molecule has 0 spiro atoms. The predicted molar refractivity (Wildman–Crippen MR) is 89.1 cm³/mol. The van der Waals surface area contributed by atoms with Crippen LogP contribution in [0.5, 0.6) is 0 Å². The first kappa shape index (κ1) is 17.7. The lowest BCUT2D eigenvalue weighted by atomic mass is 9.97. The van der Waals surface area contributed by atoms with Crippen LogP contribution in [0.25, 0.3) is 0 Å². The first-order chi connectivity index (χ1) is 10.2. The largest absolute Gasteiger partial charge is 0.462 e. The average molecular weight is 290 g/mol. The van der Waals surface area contributed by atoms with E-state index in [2.05, 4.69) is 19.9 Å². The molecule has 0 heterocycles. The van der Waals surface area contributed by atoms with E-state index >= 15 is 0 Å². The van der Waals surface area contributed by atoms with Crippen LogP contribution in [0.1, 0.15) is 65.7 Å². The van der Waals surface area contributed by atoms with Gasteiger partial charge in [0, 0.05) is 0 Å². The monoisotopic (exact) mass is 290 g/mol. The number of hydrogen-bond acceptors (Lipinski definition) is 2. The molecular weight excluding hydrogens is 260 g/mol. The lowest BCUT2D eigenvalue weighted by molar-refractivity contribution is -0.140. The molecule has 1 aliphatic rings. The Bertz CT molecular complexity index is 402. The third kappa shape index (κ3) is 7.31. The van der Waals surface area contributed by atoms with Crippen LogP contribution in [-0.2, 0) is 9.53 Å². The minimum Gasteiger partial charge on any atom is -0.462 e. The van der Waals surface area contributed by atoms with E-state index in [9.17, 15) is 4.79 Å². The van der Waals surface area contributed by atoms with Gasteiger partial charge in [0.1, 0.15) is 0 Å². The first-order valence-electron chi connectivity index (χ1n) is 8.39. The van der Waals surface area contributed by atoms with Crippen molar-refractivity contribution in [1.82, 2.24) is 0 Å². The molecule has 1 unspecified atom stereocenters. The summed E-state index contributed by atoms with van der Waals surface area (Å²) < 4.78 is 5.55. The van der Waals surface area contributed by atoms with Crippen molar-refractivity contribution in [3.63, 3.8) is 0 Å². The molecule has 1 aliphatic carbocycles. The second kappa shape index (κ2) is 10.4. The highest BCUT2D eigenvalue weighted by Gasteiger charge is 2.14. The Labute approximate surface area is 130 Å². The number of carbonyl (C=O) groups is 1. The predicted octanol–water partition coefficient (Wildman–Crippen LogP) is 5.36. The minimum absolute atomic E-state index is 0.172. The van der Waals surface area contributed by atoms with Crippen molar-refractivity contribution in [3.8, 4) is 0 Å². The summed E-state index contributed by atoms with van der Waals surface area (Å²) in [4.78, 5) is 12.2. The van der Waals surface area contributed by atoms with Crippen molar-refractivity contribution >= 4 is 5.97 Å². The van der Waals surface area contributed by atoms with Gasteiger partial charge in [-0.15, -0.1) is 0 Å². The van der Waals surface area contributed by atoms with E-state index in [4.69, 9.17) is 4.74 Å². The molecule has 0 aromatic rings. The van der Waals surface area contributed by atoms with Gasteiger partial charge in [-0.25, -0.2) is 4.79 Å². The van der Waals surface area contributed by atoms with Crippen molar-refractivity contribution in [2.24, 2.45) is 5.92 Å². The van der Waals surface area contributed by atoms with Crippen LogP contribution in [0.15, 0.2) is 35.5 Å². The fraction of sp³-hybridized carbons (Fsp3) is 0.632. The van der Waals surface area contributed by atoms with Gasteiger partial charge in [0.15, 0.2) is 0 Å². The Kier molecular flexibility index (Phi) is 8.80. The number of unbranched alkanes of at least 4 members (excludes halogenated alkanes) is 2. The van der Waals surface area contributed by atoms with E-state index in [0.29, 0.717) is 18.1 Å². The molecule has 21 heavy (non-hydrogen) atoms. The van der Waals surface area contributed by atoms with Crippen molar-refractivity contribution in [3.05, 3.63) is 35.5 Å². The van der Waals surface area contributed by atoms with E-state index in [0.717, 1.165) is 24.8 Å². The third-order valence-corrected chi connectivity index (χ3v) is 3.84. The van der Waals surface area contributed by atoms with Gasteiger partial charge >= 0.3 is 5.97 Å². The molecule has 0 fully saturated rings. The molecular formula is C19H30O2. The number of carbonyl (C=O) groups excluding carboxylic acids is 1. The van der Waals surface area contributed by atoms with Crippen LogP contribution in [0.2, 0.25) is 0 Å². The molecule has 0 aromatic carbocycles. The van der Waals surface area contributed by atoms with Crippen LogP contribution in [-0.4, -0.2) is 12.6 Å². The Morgan fingerprint density at radius 1 is 1.24 bits per heavy atom. The highest BCUT2D eigenvalue weighted by molar-refractivity contribution is 5.92. The van der Waals surface area contributed by atoms with Crippen molar-refractivity contribution in [1.29, 1.82) is 0 Å². The number of rotatable bonds is 9. The maximum atomic E-state index is 12.2. The lowest BCUT2D eigenvalue weighted by Gasteiger charge is -2.16. The van der Waals surface area contributed by atoms with Gasteiger partial charge < -0.3 is 4.74 Å². The van der Waals surface area contributed by atoms with Crippen molar-refractivity contribution < 1.29 is 9.53 Å². The van der Waals surface area contributed by atoms with E-state index in [1.807, 2.05) is 25.2 Å². The zero-order chi connectivity index (χ0) is 15.5. The zero-order valence-corrected chi connectivity index (χ0v) is 13.9. The summed E-state index contributed by atoms with van der Waals surface area (Å²) in [5, 5.41) is 0. The second-order valence-corrected chi connectivity index (χ2v) is 5.93. The SMILES string of the molecule is CCCCCC(CCC)COC(=O)C1=CCC=CC(C)=C1. The summed E-state index contributed by atoms with van der Waals surface area (Å²) in [7, 11) is 0. The van der Waals surface area contributed by atoms with Crippen LogP contribution in [0.4, 0.5) is 0 Å². The highest BCUT2D eigenvalue weighted by atomic mass is 16.5. The average Bonchev–Trinajstić information content (AvgIpc) is 2.69. The number of allylic oxidation sites excluding steroid dienone is 4. The van der Waals surface area contributed by atoms with Gasteiger partial charge in [-0.05, 0) is 38.2 Å². The highest BCUT2D eigenvalue weighted by Crippen LogP contribution is 2.18. The molecule has 0 saturated carbocycles. The van der Waals surface area contributed by atoms with Gasteiger partial charge in [0.05, 0.1) is 12.2 Å². The molecule has 1 atom stereocenters. The van der Waals surface area contributed by atoms with Crippen LogP contribution in [0.3, 0.4) is 0 Å². The summed E-state index contributed by atoms with van der Waals surface area (Å²) >= 11 is 0. The molecule has 1 rings (SSSR count). The van der Waals surface area contributed by atoms with E-state index in [-0.39, 0.29) is 5.97 Å². The summed E-state index contributed by atoms with van der Waals surface area (Å²) in [6.45, 7) is 6.98. The minimum atomic E-state index is -0.172. The fourth-order valence-corrected chi connectivity index (χ4v) is 2.62. The first-order valence-corrected chi connectivity index (χ1v) is 8.39. The lowest BCUT2D eigenvalue weighted by Crippen LogP contribution is -2.15.